The van der Waals surface area contributed by atoms with Crippen LogP contribution in [-0.2, 0) is 14.4 Å². The van der Waals surface area contributed by atoms with Crippen LogP contribution >= 0.6 is 0 Å². The van der Waals surface area contributed by atoms with Gasteiger partial charge in [0.15, 0.2) is 6.61 Å². The van der Waals surface area contributed by atoms with Crippen LogP contribution in [0, 0.1) is 6.92 Å². The average Bonchev–Trinajstić information content (AvgIpc) is 2.71. The molecule has 1 aliphatic heterocycles. The van der Waals surface area contributed by atoms with Gasteiger partial charge in [-0.2, -0.15) is 5.10 Å². The number of amides is 3. The van der Waals surface area contributed by atoms with Gasteiger partial charge in [-0.1, -0.05) is 30.3 Å². The molecule has 0 atom stereocenters. The monoisotopic (exact) mass is 380 g/mol. The number of para-hydroxylation sites is 1. The van der Waals surface area contributed by atoms with Crippen molar-refractivity contribution in [1.29, 1.82) is 0 Å². The average molecular weight is 380 g/mol. The summed E-state index contributed by atoms with van der Waals surface area (Å²) in [6.45, 7) is 1.67. The normalized spacial score (nSPS) is 13.5. The van der Waals surface area contributed by atoms with Crippen molar-refractivity contribution in [3.63, 3.8) is 0 Å². The summed E-state index contributed by atoms with van der Waals surface area (Å²) in [4.78, 5) is 36.2. The summed E-state index contributed by atoms with van der Waals surface area (Å²) < 4.78 is 5.37. The highest BCUT2D eigenvalue weighted by Gasteiger charge is 2.25. The largest absolute Gasteiger partial charge is 0.484 e. The zero-order valence-electron chi connectivity index (χ0n) is 15.3. The molecular weight excluding hydrogens is 360 g/mol. The van der Waals surface area contributed by atoms with Crippen molar-refractivity contribution >= 4 is 29.1 Å². The molecule has 28 heavy (non-hydrogen) atoms. The Labute approximate surface area is 162 Å². The molecule has 1 heterocycles. The molecule has 0 bridgehead atoms. The number of benzene rings is 2. The van der Waals surface area contributed by atoms with Crippen molar-refractivity contribution in [3.05, 3.63) is 60.2 Å². The fourth-order valence-electron chi connectivity index (χ4n) is 2.58. The minimum absolute atomic E-state index is 0.156. The Morgan fingerprint density at radius 1 is 1.07 bits per heavy atom. The molecule has 0 spiro atoms. The van der Waals surface area contributed by atoms with Gasteiger partial charge in [0.05, 0.1) is 5.69 Å². The van der Waals surface area contributed by atoms with Crippen molar-refractivity contribution < 1.29 is 19.1 Å². The van der Waals surface area contributed by atoms with E-state index < -0.39 is 11.8 Å². The Hall–Kier alpha value is -3.68. The van der Waals surface area contributed by atoms with Crippen LogP contribution in [-0.4, -0.2) is 30.0 Å². The van der Waals surface area contributed by atoms with E-state index >= 15 is 0 Å². The molecule has 144 valence electrons. The van der Waals surface area contributed by atoms with E-state index in [2.05, 4.69) is 16.0 Å². The van der Waals surface area contributed by atoms with Crippen LogP contribution in [0.3, 0.4) is 0 Å². The molecule has 1 aliphatic rings. The minimum Gasteiger partial charge on any atom is -0.484 e. The standard InChI is InChI=1S/C20H20N4O4/c1-14-6-5-9-16(12-14)28-13-18(25)21-22-20(27)17-10-11-19(26)24(23-17)15-7-3-2-4-8-15/h2-9,12H,10-11,13H2,1H3,(H,21,25)(H,22,27). The Bertz CT molecular complexity index is 911. The first-order chi connectivity index (χ1) is 13.5. The van der Waals surface area contributed by atoms with E-state index in [1.165, 1.54) is 5.01 Å². The lowest BCUT2D eigenvalue weighted by molar-refractivity contribution is -0.127. The number of hydrogen-bond donors (Lipinski definition) is 2. The van der Waals surface area contributed by atoms with E-state index in [-0.39, 0.29) is 31.1 Å². The smallest absolute Gasteiger partial charge is 0.285 e. The predicted octanol–water partition coefficient (Wildman–Crippen LogP) is 1.70. The van der Waals surface area contributed by atoms with Gasteiger partial charge < -0.3 is 4.74 Å². The van der Waals surface area contributed by atoms with Crippen LogP contribution in [0.1, 0.15) is 18.4 Å². The van der Waals surface area contributed by atoms with Crippen molar-refractivity contribution in [2.45, 2.75) is 19.8 Å². The first kappa shape index (κ1) is 19.1. The maximum absolute atomic E-state index is 12.3. The van der Waals surface area contributed by atoms with Gasteiger partial charge in [-0.3, -0.25) is 25.2 Å². The van der Waals surface area contributed by atoms with E-state index in [4.69, 9.17) is 4.74 Å². The summed E-state index contributed by atoms with van der Waals surface area (Å²) in [6, 6.07) is 16.1. The molecule has 0 saturated carbocycles. The van der Waals surface area contributed by atoms with Crippen molar-refractivity contribution in [2.24, 2.45) is 5.10 Å². The molecule has 0 aromatic heterocycles. The first-order valence-corrected chi connectivity index (χ1v) is 8.77. The highest BCUT2D eigenvalue weighted by atomic mass is 16.5. The van der Waals surface area contributed by atoms with Gasteiger partial charge in [0.2, 0.25) is 5.91 Å². The van der Waals surface area contributed by atoms with E-state index in [0.29, 0.717) is 11.4 Å². The molecule has 0 aliphatic carbocycles. The molecule has 3 amide bonds. The second-order valence-electron chi connectivity index (χ2n) is 6.20. The topological polar surface area (TPSA) is 100 Å². The molecule has 0 fully saturated rings. The third-order valence-corrected chi connectivity index (χ3v) is 3.97. The Morgan fingerprint density at radius 3 is 2.61 bits per heavy atom. The number of hydrogen-bond acceptors (Lipinski definition) is 5. The van der Waals surface area contributed by atoms with Gasteiger partial charge in [0.1, 0.15) is 11.5 Å². The molecule has 2 aromatic rings. The van der Waals surface area contributed by atoms with Gasteiger partial charge in [-0.25, -0.2) is 5.01 Å². The third-order valence-electron chi connectivity index (χ3n) is 3.97. The summed E-state index contributed by atoms with van der Waals surface area (Å²) >= 11 is 0. The summed E-state index contributed by atoms with van der Waals surface area (Å²) in [5.41, 5.74) is 6.33. The molecular formula is C20H20N4O4. The van der Waals surface area contributed by atoms with Gasteiger partial charge >= 0.3 is 0 Å². The molecule has 8 nitrogen and oxygen atoms in total. The number of ether oxygens (including phenoxy) is 1. The number of carbonyl (C=O) groups is 3. The molecule has 2 aromatic carbocycles. The second-order valence-corrected chi connectivity index (χ2v) is 6.20. The highest BCUT2D eigenvalue weighted by molar-refractivity contribution is 6.40. The quantitative estimate of drug-likeness (QED) is 0.771. The van der Waals surface area contributed by atoms with E-state index in [1.54, 1.807) is 36.4 Å². The Morgan fingerprint density at radius 2 is 1.86 bits per heavy atom. The van der Waals surface area contributed by atoms with Crippen molar-refractivity contribution in [1.82, 2.24) is 10.9 Å². The van der Waals surface area contributed by atoms with Crippen LogP contribution in [0.25, 0.3) is 0 Å². The highest BCUT2D eigenvalue weighted by Crippen LogP contribution is 2.19. The van der Waals surface area contributed by atoms with Gasteiger partial charge in [0.25, 0.3) is 11.8 Å². The number of rotatable bonds is 5. The number of carbonyl (C=O) groups excluding carboxylic acids is 3. The number of nitrogens with zero attached hydrogens (tertiary/aromatic N) is 2. The molecule has 0 unspecified atom stereocenters. The van der Waals surface area contributed by atoms with Crippen LogP contribution in [0.5, 0.6) is 5.75 Å². The Balaban J connectivity index is 1.54. The number of hydrazone groups is 1. The van der Waals surface area contributed by atoms with Crippen LogP contribution in [0.15, 0.2) is 59.7 Å². The zero-order chi connectivity index (χ0) is 19.9. The summed E-state index contributed by atoms with van der Waals surface area (Å²) in [5.74, 6) is -0.715. The molecule has 0 saturated heterocycles. The van der Waals surface area contributed by atoms with Gasteiger partial charge in [-0.05, 0) is 36.8 Å². The lowest BCUT2D eigenvalue weighted by atomic mass is 10.1. The van der Waals surface area contributed by atoms with Crippen LogP contribution in [0.4, 0.5) is 5.69 Å². The number of anilines is 1. The van der Waals surface area contributed by atoms with Crippen LogP contribution in [0.2, 0.25) is 0 Å². The zero-order valence-corrected chi connectivity index (χ0v) is 15.3. The SMILES string of the molecule is Cc1cccc(OCC(=O)NNC(=O)C2=NN(c3ccccc3)C(=O)CC2)c1. The second kappa shape index (κ2) is 8.81. The fraction of sp³-hybridized carbons (Fsp3) is 0.200. The molecule has 0 radical (unpaired) electrons. The third kappa shape index (κ3) is 4.94. The van der Waals surface area contributed by atoms with Crippen LogP contribution < -0.4 is 20.6 Å². The van der Waals surface area contributed by atoms with E-state index in [0.717, 1.165) is 5.56 Å². The van der Waals surface area contributed by atoms with Crippen molar-refractivity contribution in [2.75, 3.05) is 11.6 Å². The number of aryl methyl sites for hydroxylation is 1. The molecule has 8 heteroatoms. The predicted molar refractivity (Wildman–Crippen MR) is 104 cm³/mol. The van der Waals surface area contributed by atoms with E-state index in [9.17, 15) is 14.4 Å². The first-order valence-electron chi connectivity index (χ1n) is 8.77. The maximum Gasteiger partial charge on any atom is 0.285 e. The minimum atomic E-state index is -0.572. The fourth-order valence-corrected chi connectivity index (χ4v) is 2.58. The van der Waals surface area contributed by atoms with E-state index in [1.807, 2.05) is 25.1 Å². The molecule has 3 rings (SSSR count). The van der Waals surface area contributed by atoms with Crippen molar-refractivity contribution in [3.8, 4) is 5.75 Å². The Kier molecular flexibility index (Phi) is 6.01. The summed E-state index contributed by atoms with van der Waals surface area (Å²) in [5, 5.41) is 5.32. The van der Waals surface area contributed by atoms with Gasteiger partial charge in [-0.15, -0.1) is 0 Å². The lowest BCUT2D eigenvalue weighted by Gasteiger charge is -2.23. The maximum atomic E-state index is 12.3. The summed E-state index contributed by atoms with van der Waals surface area (Å²) in [7, 11) is 0. The number of hydrazine groups is 1. The summed E-state index contributed by atoms with van der Waals surface area (Å²) in [6.07, 6.45) is 0.356. The lowest BCUT2D eigenvalue weighted by Crippen LogP contribution is -2.48. The van der Waals surface area contributed by atoms with Gasteiger partial charge in [0, 0.05) is 12.8 Å². The molecule has 2 N–H and O–H groups in total. The number of nitrogens with one attached hydrogen (secondary N) is 2.